The molecule has 0 saturated carbocycles. The van der Waals surface area contributed by atoms with Crippen LogP contribution in [0, 0.1) is 0 Å². The maximum Gasteiger partial charge on any atom is 0.248 e. The number of aromatic amines is 1. The Morgan fingerprint density at radius 3 is 2.69 bits per heavy atom. The zero-order valence-corrected chi connectivity index (χ0v) is 15.4. The van der Waals surface area contributed by atoms with E-state index in [1.807, 2.05) is 6.07 Å². The molecule has 2 N–H and O–H groups in total. The van der Waals surface area contributed by atoms with Gasteiger partial charge in [0.05, 0.1) is 18.5 Å². The van der Waals surface area contributed by atoms with Crippen LogP contribution in [0.5, 0.6) is 5.75 Å². The number of hydrogen-bond acceptors (Lipinski definition) is 5. The van der Waals surface area contributed by atoms with E-state index >= 15 is 0 Å². The fourth-order valence-corrected chi connectivity index (χ4v) is 4.64. The SMILES string of the molecule is O=c1ccc2cc(OCCCCS(=O)(=O)N3CCC(O)CC3)ccc2[nH]1. The standard InChI is InChI=1S/C18H24N2O5S/c21-15-7-9-20(10-8-15)26(23,24)12-2-1-11-25-16-4-5-17-14(13-16)3-6-18(22)19-17/h3-6,13,15,21H,1-2,7-12H2,(H,19,22). The van der Waals surface area contributed by atoms with E-state index in [-0.39, 0.29) is 17.4 Å². The van der Waals surface area contributed by atoms with E-state index in [0.717, 1.165) is 10.9 Å². The smallest absolute Gasteiger partial charge is 0.248 e. The minimum atomic E-state index is -3.25. The molecular weight excluding hydrogens is 356 g/mol. The number of sulfonamides is 1. The molecule has 0 spiro atoms. The van der Waals surface area contributed by atoms with Gasteiger partial charge in [0.2, 0.25) is 15.6 Å². The topological polar surface area (TPSA) is 99.7 Å². The molecule has 0 bridgehead atoms. The molecule has 142 valence electrons. The summed E-state index contributed by atoms with van der Waals surface area (Å²) in [6.07, 6.45) is 1.81. The number of aromatic nitrogens is 1. The van der Waals surface area contributed by atoms with Crippen LogP contribution in [0.4, 0.5) is 0 Å². The highest BCUT2D eigenvalue weighted by molar-refractivity contribution is 7.89. The Bertz CT molecular complexity index is 901. The van der Waals surface area contributed by atoms with Gasteiger partial charge in [0.15, 0.2) is 0 Å². The molecule has 1 aliphatic rings. The number of nitrogens with zero attached hydrogens (tertiary/aromatic N) is 1. The van der Waals surface area contributed by atoms with Crippen LogP contribution in [-0.4, -0.2) is 54.4 Å². The maximum atomic E-state index is 12.3. The summed E-state index contributed by atoms with van der Waals surface area (Å²) in [5.74, 6) is 0.795. The summed E-state index contributed by atoms with van der Waals surface area (Å²) in [6.45, 7) is 1.24. The number of nitrogens with one attached hydrogen (secondary N) is 1. The van der Waals surface area contributed by atoms with Gasteiger partial charge in [0.1, 0.15) is 5.75 Å². The Labute approximate surface area is 152 Å². The van der Waals surface area contributed by atoms with E-state index in [1.165, 1.54) is 10.4 Å². The lowest BCUT2D eigenvalue weighted by Crippen LogP contribution is -2.41. The van der Waals surface area contributed by atoms with Gasteiger partial charge in [-0.2, -0.15) is 0 Å². The van der Waals surface area contributed by atoms with E-state index in [0.29, 0.717) is 51.1 Å². The lowest BCUT2D eigenvalue weighted by Gasteiger charge is -2.28. The van der Waals surface area contributed by atoms with Gasteiger partial charge in [-0.3, -0.25) is 4.79 Å². The van der Waals surface area contributed by atoms with Crippen LogP contribution in [0.3, 0.4) is 0 Å². The number of benzene rings is 1. The van der Waals surface area contributed by atoms with Crippen molar-refractivity contribution in [1.82, 2.24) is 9.29 Å². The van der Waals surface area contributed by atoms with Crippen LogP contribution in [0.2, 0.25) is 0 Å². The number of unbranched alkanes of at least 4 members (excludes halogenated alkanes) is 1. The van der Waals surface area contributed by atoms with Crippen LogP contribution in [0.25, 0.3) is 10.9 Å². The van der Waals surface area contributed by atoms with Crippen molar-refractivity contribution in [3.05, 3.63) is 40.7 Å². The first-order valence-electron chi connectivity index (χ1n) is 8.86. The molecule has 0 atom stereocenters. The summed E-state index contributed by atoms with van der Waals surface area (Å²) in [4.78, 5) is 14.0. The van der Waals surface area contributed by atoms with Crippen LogP contribution in [0.1, 0.15) is 25.7 Å². The lowest BCUT2D eigenvalue weighted by molar-refractivity contribution is 0.113. The molecule has 8 heteroatoms. The van der Waals surface area contributed by atoms with Crippen molar-refractivity contribution in [2.24, 2.45) is 0 Å². The fourth-order valence-electron chi connectivity index (χ4n) is 3.05. The van der Waals surface area contributed by atoms with Crippen molar-refractivity contribution in [3.63, 3.8) is 0 Å². The molecule has 0 amide bonds. The number of piperidine rings is 1. The van der Waals surface area contributed by atoms with Gasteiger partial charge in [-0.15, -0.1) is 0 Å². The summed E-state index contributed by atoms with van der Waals surface area (Å²) >= 11 is 0. The first-order valence-corrected chi connectivity index (χ1v) is 10.5. The van der Waals surface area contributed by atoms with E-state index in [4.69, 9.17) is 4.74 Å². The Hall–Kier alpha value is -1.90. The third kappa shape index (κ3) is 4.84. The molecule has 2 heterocycles. The molecule has 26 heavy (non-hydrogen) atoms. The minimum absolute atomic E-state index is 0.103. The van der Waals surface area contributed by atoms with Crippen LogP contribution >= 0.6 is 0 Å². The zero-order chi connectivity index (χ0) is 18.6. The summed E-state index contributed by atoms with van der Waals surface area (Å²) in [6, 6.07) is 8.64. The van der Waals surface area contributed by atoms with Gasteiger partial charge in [0, 0.05) is 30.1 Å². The third-order valence-electron chi connectivity index (χ3n) is 4.58. The highest BCUT2D eigenvalue weighted by Gasteiger charge is 2.26. The predicted molar refractivity (Wildman–Crippen MR) is 99.9 cm³/mol. The summed E-state index contributed by atoms with van der Waals surface area (Å²) < 4.78 is 31.7. The molecule has 1 aromatic heterocycles. The van der Waals surface area contributed by atoms with Crippen molar-refractivity contribution in [2.75, 3.05) is 25.4 Å². The van der Waals surface area contributed by atoms with E-state index in [1.54, 1.807) is 18.2 Å². The largest absolute Gasteiger partial charge is 0.494 e. The Kier molecular flexibility index (Phi) is 5.95. The second-order valence-electron chi connectivity index (χ2n) is 6.57. The van der Waals surface area contributed by atoms with E-state index in [2.05, 4.69) is 4.98 Å². The van der Waals surface area contributed by atoms with Crippen molar-refractivity contribution in [2.45, 2.75) is 31.8 Å². The van der Waals surface area contributed by atoms with Gasteiger partial charge in [0.25, 0.3) is 0 Å². The number of aliphatic hydroxyl groups excluding tert-OH is 1. The first kappa shape index (κ1) is 18.9. The zero-order valence-electron chi connectivity index (χ0n) is 14.6. The van der Waals surface area contributed by atoms with Crippen molar-refractivity contribution in [1.29, 1.82) is 0 Å². The predicted octanol–water partition coefficient (Wildman–Crippen LogP) is 1.47. The molecule has 0 aliphatic carbocycles. The average molecular weight is 380 g/mol. The number of rotatable bonds is 7. The minimum Gasteiger partial charge on any atom is -0.494 e. The van der Waals surface area contributed by atoms with Crippen molar-refractivity contribution in [3.8, 4) is 5.75 Å². The quantitative estimate of drug-likeness (QED) is 0.709. The van der Waals surface area contributed by atoms with Gasteiger partial charge in [-0.05, 0) is 49.9 Å². The fraction of sp³-hybridized carbons (Fsp3) is 0.500. The number of pyridine rings is 1. The van der Waals surface area contributed by atoms with Gasteiger partial charge < -0.3 is 14.8 Å². The molecular formula is C18H24N2O5S. The molecule has 0 radical (unpaired) electrons. The Balaban J connectivity index is 1.44. The summed E-state index contributed by atoms with van der Waals surface area (Å²) in [5, 5.41) is 10.4. The van der Waals surface area contributed by atoms with Gasteiger partial charge >= 0.3 is 0 Å². The van der Waals surface area contributed by atoms with Crippen molar-refractivity contribution >= 4 is 20.9 Å². The Morgan fingerprint density at radius 1 is 1.15 bits per heavy atom. The second-order valence-corrected chi connectivity index (χ2v) is 8.66. The van der Waals surface area contributed by atoms with Crippen molar-refractivity contribution < 1.29 is 18.3 Å². The highest BCUT2D eigenvalue weighted by Crippen LogP contribution is 2.19. The number of ether oxygens (including phenoxy) is 1. The molecule has 3 rings (SSSR count). The number of fused-ring (bicyclic) bond motifs is 1. The third-order valence-corrected chi connectivity index (χ3v) is 6.53. The lowest BCUT2D eigenvalue weighted by atomic mass is 10.1. The van der Waals surface area contributed by atoms with E-state index < -0.39 is 10.0 Å². The number of aliphatic hydroxyl groups is 1. The second kappa shape index (κ2) is 8.20. The van der Waals surface area contributed by atoms with Crippen LogP contribution in [0.15, 0.2) is 35.1 Å². The molecule has 1 saturated heterocycles. The molecule has 1 fully saturated rings. The Morgan fingerprint density at radius 2 is 1.92 bits per heavy atom. The maximum absolute atomic E-state index is 12.3. The van der Waals surface area contributed by atoms with Crippen LogP contribution in [-0.2, 0) is 10.0 Å². The molecule has 1 aliphatic heterocycles. The number of hydrogen-bond donors (Lipinski definition) is 2. The summed E-state index contributed by atoms with van der Waals surface area (Å²) in [7, 11) is -3.25. The van der Waals surface area contributed by atoms with Gasteiger partial charge in [-0.1, -0.05) is 0 Å². The average Bonchev–Trinajstić information content (AvgIpc) is 2.62. The summed E-state index contributed by atoms with van der Waals surface area (Å²) in [5.41, 5.74) is 0.609. The molecule has 7 nitrogen and oxygen atoms in total. The number of H-pyrrole nitrogens is 1. The van der Waals surface area contributed by atoms with Gasteiger partial charge in [-0.25, -0.2) is 12.7 Å². The molecule has 0 unspecified atom stereocenters. The molecule has 2 aromatic rings. The highest BCUT2D eigenvalue weighted by atomic mass is 32.2. The monoisotopic (exact) mass is 380 g/mol. The van der Waals surface area contributed by atoms with Crippen LogP contribution < -0.4 is 10.3 Å². The first-order chi connectivity index (χ1) is 12.4. The molecule has 1 aromatic carbocycles. The van der Waals surface area contributed by atoms with E-state index in [9.17, 15) is 18.3 Å². The normalized spacial score (nSPS) is 16.8.